The zero-order valence-electron chi connectivity index (χ0n) is 11.1. The summed E-state index contributed by atoms with van der Waals surface area (Å²) in [6, 6.07) is 12.3. The smallest absolute Gasteiger partial charge is 0.409 e. The predicted molar refractivity (Wildman–Crippen MR) is 77.9 cm³/mol. The van der Waals surface area contributed by atoms with Gasteiger partial charge in [0.15, 0.2) is 0 Å². The van der Waals surface area contributed by atoms with E-state index in [1.807, 2.05) is 13.0 Å². The van der Waals surface area contributed by atoms with E-state index in [1.54, 1.807) is 42.6 Å². The fourth-order valence-electron chi connectivity index (χ4n) is 1.29. The molecular weight excluding hydrogens is 258 g/mol. The van der Waals surface area contributed by atoms with Gasteiger partial charge in [0.05, 0.1) is 12.8 Å². The van der Waals surface area contributed by atoms with Crippen LogP contribution in [0, 0.1) is 0 Å². The van der Waals surface area contributed by atoms with Crippen LogP contribution in [0.25, 0.3) is 0 Å². The molecule has 1 heterocycles. The molecule has 106 valence electrons. The first-order chi connectivity index (χ1) is 9.61. The zero-order valence-corrected chi connectivity index (χ0v) is 11.1. The Bertz CT molecular complexity index is 515. The van der Waals surface area contributed by atoms with Gasteiger partial charge in [0, 0.05) is 5.69 Å². The van der Waals surface area contributed by atoms with Crippen LogP contribution in [0.4, 0.5) is 16.3 Å². The summed E-state index contributed by atoms with van der Waals surface area (Å²) in [5.41, 5.74) is 5.95. The first-order valence-corrected chi connectivity index (χ1v) is 6.01. The maximum Gasteiger partial charge on any atom is 0.409 e. The van der Waals surface area contributed by atoms with Crippen molar-refractivity contribution in [3.63, 3.8) is 0 Å². The van der Waals surface area contributed by atoms with E-state index >= 15 is 0 Å². The number of nitrogen functional groups attached to an aromatic ring is 1. The lowest BCUT2D eigenvalue weighted by atomic mass is 10.3. The van der Waals surface area contributed by atoms with Crippen LogP contribution < -0.4 is 15.8 Å². The van der Waals surface area contributed by atoms with Gasteiger partial charge in [-0.1, -0.05) is 18.2 Å². The summed E-state index contributed by atoms with van der Waals surface area (Å²) in [5, 5.41) is 10.5. The first-order valence-electron chi connectivity index (χ1n) is 6.01. The molecule has 0 spiro atoms. The number of amides is 1. The normalized spacial score (nSPS) is 9.05. The molecule has 0 saturated heterocycles. The number of hydrogen-bond acceptors (Lipinski definition) is 4. The lowest BCUT2D eigenvalue weighted by Gasteiger charge is -2.00. The Hall–Kier alpha value is -2.76. The molecule has 4 N–H and O–H groups in total. The SMILES string of the molecule is CCOc1ccc(N)nc1.O=C(O)Nc1ccccc1. The molecule has 20 heavy (non-hydrogen) atoms. The lowest BCUT2D eigenvalue weighted by Crippen LogP contribution is -2.06. The molecule has 0 fully saturated rings. The highest BCUT2D eigenvalue weighted by Gasteiger charge is 1.93. The monoisotopic (exact) mass is 275 g/mol. The molecular formula is C14H17N3O3. The van der Waals surface area contributed by atoms with Gasteiger partial charge >= 0.3 is 6.09 Å². The molecule has 0 unspecified atom stereocenters. The lowest BCUT2D eigenvalue weighted by molar-refractivity contribution is 0.210. The van der Waals surface area contributed by atoms with Gasteiger partial charge in [0.1, 0.15) is 11.6 Å². The van der Waals surface area contributed by atoms with Crippen molar-refractivity contribution >= 4 is 17.6 Å². The average Bonchev–Trinajstić information content (AvgIpc) is 2.43. The van der Waals surface area contributed by atoms with E-state index < -0.39 is 6.09 Å². The minimum absolute atomic E-state index is 0.517. The molecule has 2 aromatic rings. The number of carboxylic acid groups (broad SMARTS) is 1. The summed E-state index contributed by atoms with van der Waals surface area (Å²) < 4.78 is 5.14. The van der Waals surface area contributed by atoms with Gasteiger partial charge in [-0.3, -0.25) is 5.32 Å². The highest BCUT2D eigenvalue weighted by atomic mass is 16.5. The van der Waals surface area contributed by atoms with E-state index in [0.717, 1.165) is 5.75 Å². The number of nitrogens with zero attached hydrogens (tertiary/aromatic N) is 1. The highest BCUT2D eigenvalue weighted by Crippen LogP contribution is 2.08. The van der Waals surface area contributed by atoms with Gasteiger partial charge in [0.25, 0.3) is 0 Å². The van der Waals surface area contributed by atoms with Crippen molar-refractivity contribution in [2.75, 3.05) is 17.7 Å². The molecule has 6 heteroatoms. The van der Waals surface area contributed by atoms with Crippen molar-refractivity contribution < 1.29 is 14.6 Å². The van der Waals surface area contributed by atoms with Crippen molar-refractivity contribution in [1.29, 1.82) is 0 Å². The number of para-hydroxylation sites is 1. The third kappa shape index (κ3) is 6.25. The van der Waals surface area contributed by atoms with Gasteiger partial charge in [-0.2, -0.15) is 0 Å². The van der Waals surface area contributed by atoms with Crippen LogP contribution in [0.3, 0.4) is 0 Å². The zero-order chi connectivity index (χ0) is 14.8. The van der Waals surface area contributed by atoms with Gasteiger partial charge in [-0.15, -0.1) is 0 Å². The molecule has 2 rings (SSSR count). The van der Waals surface area contributed by atoms with Gasteiger partial charge < -0.3 is 15.6 Å². The molecule has 0 aliphatic carbocycles. The summed E-state index contributed by atoms with van der Waals surface area (Å²) in [4.78, 5) is 13.9. The largest absolute Gasteiger partial charge is 0.492 e. The molecule has 0 radical (unpaired) electrons. The average molecular weight is 275 g/mol. The molecule has 1 aromatic heterocycles. The van der Waals surface area contributed by atoms with Crippen LogP contribution in [0.2, 0.25) is 0 Å². The standard InChI is InChI=1S/C7H10N2O.C7H7NO2/c1-2-10-6-3-4-7(8)9-5-6;9-7(10)8-6-4-2-1-3-5-6/h3-5H,2H2,1H3,(H2,8,9);1-5,8H,(H,9,10). The molecule has 1 aromatic carbocycles. The second-order valence-electron chi connectivity index (χ2n) is 3.65. The summed E-state index contributed by atoms with van der Waals surface area (Å²) in [5.74, 6) is 1.28. The number of aromatic nitrogens is 1. The number of nitrogens with one attached hydrogen (secondary N) is 1. The summed E-state index contributed by atoms with van der Waals surface area (Å²) in [7, 11) is 0. The van der Waals surface area contributed by atoms with Crippen LogP contribution in [-0.4, -0.2) is 22.8 Å². The summed E-state index contributed by atoms with van der Waals surface area (Å²) in [6.45, 7) is 2.59. The minimum atomic E-state index is -1.04. The maximum atomic E-state index is 10.1. The van der Waals surface area contributed by atoms with Crippen molar-refractivity contribution in [3.8, 4) is 5.75 Å². The number of anilines is 2. The Balaban J connectivity index is 0.000000200. The molecule has 0 bridgehead atoms. The van der Waals surface area contributed by atoms with Crippen LogP contribution in [0.5, 0.6) is 5.75 Å². The van der Waals surface area contributed by atoms with Crippen molar-refractivity contribution in [2.45, 2.75) is 6.92 Å². The van der Waals surface area contributed by atoms with E-state index in [0.29, 0.717) is 18.1 Å². The van der Waals surface area contributed by atoms with Crippen LogP contribution in [0.15, 0.2) is 48.7 Å². The first kappa shape index (κ1) is 15.3. The number of ether oxygens (including phenoxy) is 1. The molecule has 0 aliphatic heterocycles. The number of hydrogen-bond donors (Lipinski definition) is 3. The van der Waals surface area contributed by atoms with Gasteiger partial charge in [-0.05, 0) is 31.2 Å². The predicted octanol–water partition coefficient (Wildman–Crippen LogP) is 2.84. The summed E-state index contributed by atoms with van der Waals surface area (Å²) in [6.07, 6.45) is 0.574. The van der Waals surface area contributed by atoms with E-state index in [9.17, 15) is 4.79 Å². The van der Waals surface area contributed by atoms with E-state index in [-0.39, 0.29) is 0 Å². The van der Waals surface area contributed by atoms with Crippen LogP contribution >= 0.6 is 0 Å². The Morgan fingerprint density at radius 2 is 2.00 bits per heavy atom. The number of carbonyl (C=O) groups is 1. The highest BCUT2D eigenvalue weighted by molar-refractivity contribution is 5.82. The van der Waals surface area contributed by atoms with Crippen LogP contribution in [0.1, 0.15) is 6.92 Å². The second-order valence-corrected chi connectivity index (χ2v) is 3.65. The van der Waals surface area contributed by atoms with E-state index in [1.165, 1.54) is 0 Å². The quantitative estimate of drug-likeness (QED) is 0.800. The minimum Gasteiger partial charge on any atom is -0.492 e. The molecule has 6 nitrogen and oxygen atoms in total. The Morgan fingerprint density at radius 1 is 1.30 bits per heavy atom. The summed E-state index contributed by atoms with van der Waals surface area (Å²) >= 11 is 0. The van der Waals surface area contributed by atoms with Gasteiger partial charge in [0.2, 0.25) is 0 Å². The molecule has 0 saturated carbocycles. The second kappa shape index (κ2) is 8.36. The van der Waals surface area contributed by atoms with Crippen molar-refractivity contribution in [3.05, 3.63) is 48.7 Å². The maximum absolute atomic E-state index is 10.1. The van der Waals surface area contributed by atoms with E-state index in [2.05, 4.69) is 10.3 Å². The fraction of sp³-hybridized carbons (Fsp3) is 0.143. The molecule has 0 aliphatic rings. The third-order valence-electron chi connectivity index (χ3n) is 2.10. The Morgan fingerprint density at radius 3 is 2.50 bits per heavy atom. The third-order valence-corrected chi connectivity index (χ3v) is 2.10. The number of benzene rings is 1. The fourth-order valence-corrected chi connectivity index (χ4v) is 1.29. The van der Waals surface area contributed by atoms with E-state index in [4.69, 9.17) is 15.6 Å². The molecule has 0 atom stereocenters. The number of rotatable bonds is 3. The molecule has 1 amide bonds. The Labute approximate surface area is 117 Å². The van der Waals surface area contributed by atoms with Crippen LogP contribution in [-0.2, 0) is 0 Å². The van der Waals surface area contributed by atoms with Gasteiger partial charge in [-0.25, -0.2) is 9.78 Å². The Kier molecular flexibility index (Phi) is 6.40. The number of pyridine rings is 1. The van der Waals surface area contributed by atoms with Crippen molar-refractivity contribution in [1.82, 2.24) is 4.98 Å². The van der Waals surface area contributed by atoms with Crippen molar-refractivity contribution in [2.24, 2.45) is 0 Å². The topological polar surface area (TPSA) is 97.5 Å². The number of nitrogens with two attached hydrogens (primary N) is 1.